The van der Waals surface area contributed by atoms with E-state index in [1.165, 1.54) is 0 Å². The summed E-state index contributed by atoms with van der Waals surface area (Å²) in [5.41, 5.74) is 10.7. The molecule has 128 valence electrons. The molecule has 0 aliphatic carbocycles. The number of rotatable bonds is 11. The summed E-state index contributed by atoms with van der Waals surface area (Å²) in [6.07, 6.45) is 1.37. The Hall–Kier alpha value is -1.75. The van der Waals surface area contributed by atoms with Crippen LogP contribution in [0.4, 0.5) is 0 Å². The Morgan fingerprint density at radius 1 is 0.955 bits per heavy atom. The molecule has 0 aromatic heterocycles. The Morgan fingerprint density at radius 3 is 2.00 bits per heavy atom. The molecule has 0 radical (unpaired) electrons. The van der Waals surface area contributed by atoms with Gasteiger partial charge >= 0.3 is 5.97 Å². The van der Waals surface area contributed by atoms with Gasteiger partial charge in [0, 0.05) is 0 Å². The van der Waals surface area contributed by atoms with Crippen LogP contribution in [0.5, 0.6) is 0 Å². The van der Waals surface area contributed by atoms with Gasteiger partial charge in [0.15, 0.2) is 0 Å². The Balaban J connectivity index is 4.78. The number of nitrogens with one attached hydrogen (secondary N) is 2. The zero-order chi connectivity index (χ0) is 17.1. The molecular formula is C12H24N4O6. The molecule has 0 aliphatic heterocycles. The number of aliphatic hydroxyl groups excluding tert-OH is 2. The van der Waals surface area contributed by atoms with Gasteiger partial charge in [0.1, 0.15) is 18.1 Å². The summed E-state index contributed by atoms with van der Waals surface area (Å²) in [5, 5.41) is 31.0. The molecule has 0 rings (SSSR count). The highest BCUT2D eigenvalue weighted by atomic mass is 16.4. The summed E-state index contributed by atoms with van der Waals surface area (Å²) in [6, 6.07) is -3.67. The van der Waals surface area contributed by atoms with Crippen LogP contribution >= 0.6 is 0 Å². The average Bonchev–Trinajstić information content (AvgIpc) is 2.49. The van der Waals surface area contributed by atoms with Crippen molar-refractivity contribution in [3.05, 3.63) is 0 Å². The molecule has 0 saturated heterocycles. The standard InChI is InChI=1S/C12H24N4O6/c13-4-2-1-3-8(15-10(19)7(14)5-17)11(20)16-9(6-18)12(21)22/h7-9,17-18H,1-6,13-14H2,(H,15,19)(H,16,20)(H,21,22)/t7-,8-,9-/m0/s1. The minimum atomic E-state index is -1.46. The number of hydrogen-bond acceptors (Lipinski definition) is 7. The molecule has 10 nitrogen and oxygen atoms in total. The maximum Gasteiger partial charge on any atom is 0.328 e. The highest BCUT2D eigenvalue weighted by Gasteiger charge is 2.27. The third-order valence-electron chi connectivity index (χ3n) is 2.91. The Bertz CT molecular complexity index is 379. The van der Waals surface area contributed by atoms with E-state index in [1.54, 1.807) is 0 Å². The van der Waals surface area contributed by atoms with E-state index in [4.69, 9.17) is 26.8 Å². The number of nitrogens with two attached hydrogens (primary N) is 2. The number of carbonyl (C=O) groups excluding carboxylic acids is 2. The van der Waals surface area contributed by atoms with Crippen molar-refractivity contribution in [1.82, 2.24) is 10.6 Å². The smallest absolute Gasteiger partial charge is 0.328 e. The Kier molecular flexibility index (Phi) is 10.0. The number of carboxylic acid groups (broad SMARTS) is 1. The fraction of sp³-hybridized carbons (Fsp3) is 0.750. The van der Waals surface area contributed by atoms with Gasteiger partial charge in [0.05, 0.1) is 13.2 Å². The Labute approximate surface area is 127 Å². The second-order valence-electron chi connectivity index (χ2n) is 4.72. The molecule has 2 amide bonds. The maximum atomic E-state index is 12.0. The van der Waals surface area contributed by atoms with Crippen LogP contribution in [0.25, 0.3) is 0 Å². The fourth-order valence-electron chi connectivity index (χ4n) is 1.58. The number of hydrogen-bond donors (Lipinski definition) is 7. The number of amides is 2. The molecule has 0 heterocycles. The largest absolute Gasteiger partial charge is 0.480 e. The molecule has 0 aromatic rings. The van der Waals surface area contributed by atoms with E-state index in [0.29, 0.717) is 19.4 Å². The van der Waals surface area contributed by atoms with E-state index in [0.717, 1.165) is 0 Å². The van der Waals surface area contributed by atoms with E-state index >= 15 is 0 Å². The lowest BCUT2D eigenvalue weighted by atomic mass is 10.1. The first-order chi connectivity index (χ1) is 10.4. The van der Waals surface area contributed by atoms with Crippen LogP contribution in [0.15, 0.2) is 0 Å². The average molecular weight is 320 g/mol. The van der Waals surface area contributed by atoms with Crippen LogP contribution in [-0.4, -0.2) is 71.0 Å². The first-order valence-corrected chi connectivity index (χ1v) is 6.88. The molecule has 0 spiro atoms. The number of carboxylic acids is 1. The predicted octanol–water partition coefficient (Wildman–Crippen LogP) is -3.52. The zero-order valence-electron chi connectivity index (χ0n) is 12.2. The van der Waals surface area contributed by atoms with Crippen LogP contribution in [0.1, 0.15) is 19.3 Å². The van der Waals surface area contributed by atoms with Gasteiger partial charge in [0.2, 0.25) is 11.8 Å². The van der Waals surface area contributed by atoms with E-state index in [2.05, 4.69) is 10.6 Å². The lowest BCUT2D eigenvalue weighted by molar-refractivity contribution is -0.143. The van der Waals surface area contributed by atoms with E-state index in [9.17, 15) is 14.4 Å². The Morgan fingerprint density at radius 2 is 1.55 bits per heavy atom. The minimum absolute atomic E-state index is 0.227. The number of carbonyl (C=O) groups is 3. The zero-order valence-corrected chi connectivity index (χ0v) is 12.2. The third kappa shape index (κ3) is 7.31. The normalized spacial score (nSPS) is 14.7. The first kappa shape index (κ1) is 20.2. The van der Waals surface area contributed by atoms with E-state index < -0.39 is 49.1 Å². The van der Waals surface area contributed by atoms with Crippen molar-refractivity contribution < 1.29 is 29.7 Å². The predicted molar refractivity (Wildman–Crippen MR) is 76.5 cm³/mol. The summed E-state index contributed by atoms with van der Waals surface area (Å²) in [4.78, 5) is 34.5. The van der Waals surface area contributed by atoms with Gasteiger partial charge in [-0.05, 0) is 25.8 Å². The summed E-state index contributed by atoms with van der Waals surface area (Å²) >= 11 is 0. The topological polar surface area (TPSA) is 188 Å². The van der Waals surface area contributed by atoms with Gasteiger partial charge in [0.25, 0.3) is 0 Å². The molecule has 22 heavy (non-hydrogen) atoms. The van der Waals surface area contributed by atoms with Crippen molar-refractivity contribution in [1.29, 1.82) is 0 Å². The van der Waals surface area contributed by atoms with Gasteiger partial charge in [-0.1, -0.05) is 0 Å². The second kappa shape index (κ2) is 10.9. The summed E-state index contributed by atoms with van der Waals surface area (Å²) < 4.78 is 0. The van der Waals surface area contributed by atoms with Crippen molar-refractivity contribution in [2.75, 3.05) is 19.8 Å². The molecule has 0 fully saturated rings. The van der Waals surface area contributed by atoms with Gasteiger partial charge in [-0.15, -0.1) is 0 Å². The molecule has 0 saturated carbocycles. The molecule has 3 atom stereocenters. The van der Waals surface area contributed by atoms with Crippen LogP contribution < -0.4 is 22.1 Å². The van der Waals surface area contributed by atoms with Gasteiger partial charge in [-0.2, -0.15) is 0 Å². The van der Waals surface area contributed by atoms with Crippen molar-refractivity contribution in [3.8, 4) is 0 Å². The molecule has 0 aliphatic rings. The van der Waals surface area contributed by atoms with Crippen LogP contribution in [0.3, 0.4) is 0 Å². The molecule has 9 N–H and O–H groups in total. The summed E-state index contributed by atoms with van der Waals surface area (Å²) in [5.74, 6) is -2.88. The lowest BCUT2D eigenvalue weighted by Crippen LogP contribution is -2.55. The molecule has 0 unspecified atom stereocenters. The van der Waals surface area contributed by atoms with Crippen molar-refractivity contribution in [2.24, 2.45) is 11.5 Å². The maximum absolute atomic E-state index is 12.0. The molecule has 10 heteroatoms. The quantitative estimate of drug-likeness (QED) is 0.191. The minimum Gasteiger partial charge on any atom is -0.480 e. The van der Waals surface area contributed by atoms with E-state index in [-0.39, 0.29) is 6.42 Å². The summed E-state index contributed by atoms with van der Waals surface area (Å²) in [6.45, 7) is -0.953. The van der Waals surface area contributed by atoms with Crippen LogP contribution in [-0.2, 0) is 14.4 Å². The van der Waals surface area contributed by atoms with Gasteiger partial charge < -0.3 is 37.4 Å². The first-order valence-electron chi connectivity index (χ1n) is 6.88. The second-order valence-corrected chi connectivity index (χ2v) is 4.72. The van der Waals surface area contributed by atoms with Crippen LogP contribution in [0, 0.1) is 0 Å². The van der Waals surface area contributed by atoms with Crippen molar-refractivity contribution in [3.63, 3.8) is 0 Å². The third-order valence-corrected chi connectivity index (χ3v) is 2.91. The SMILES string of the molecule is NCCCC[C@H](NC(=O)[C@@H](N)CO)C(=O)N[C@@H](CO)C(=O)O. The molecule has 0 bridgehead atoms. The molecule has 0 aromatic carbocycles. The van der Waals surface area contributed by atoms with Crippen molar-refractivity contribution >= 4 is 17.8 Å². The highest BCUT2D eigenvalue weighted by Crippen LogP contribution is 2.02. The molecular weight excluding hydrogens is 296 g/mol. The van der Waals surface area contributed by atoms with Crippen molar-refractivity contribution in [2.45, 2.75) is 37.4 Å². The number of unbranched alkanes of at least 4 members (excludes halogenated alkanes) is 1. The monoisotopic (exact) mass is 320 g/mol. The van der Waals surface area contributed by atoms with E-state index in [1.807, 2.05) is 0 Å². The lowest BCUT2D eigenvalue weighted by Gasteiger charge is -2.21. The van der Waals surface area contributed by atoms with Crippen LogP contribution in [0.2, 0.25) is 0 Å². The van der Waals surface area contributed by atoms with Gasteiger partial charge in [-0.25, -0.2) is 4.79 Å². The summed E-state index contributed by atoms with van der Waals surface area (Å²) in [7, 11) is 0. The fourth-order valence-corrected chi connectivity index (χ4v) is 1.58. The highest BCUT2D eigenvalue weighted by molar-refractivity contribution is 5.91. The number of aliphatic hydroxyl groups is 2. The van der Waals surface area contributed by atoms with Gasteiger partial charge in [-0.3, -0.25) is 9.59 Å². The number of aliphatic carboxylic acids is 1.